The highest BCUT2D eigenvalue weighted by atomic mass is 31.2. The van der Waals surface area contributed by atoms with Crippen molar-refractivity contribution in [1.29, 1.82) is 0 Å². The van der Waals surface area contributed by atoms with Crippen LogP contribution in [0, 0.1) is 0 Å². The lowest BCUT2D eigenvalue weighted by Gasteiger charge is -2.25. The van der Waals surface area contributed by atoms with Crippen LogP contribution in [0.15, 0.2) is 103 Å². The number of carbonyl (C=O) groups excluding carboxylic acids is 2. The predicted molar refractivity (Wildman–Crippen MR) is 183 cm³/mol. The SMILES string of the molecule is CC(C)NP(=O)(NC(C)C)Oc1ccc(C[C@H](NC(=O)OCC2c3ccccc3-c3ccccc32)C(=O)OCc2ccccc2)cc1. The Morgan fingerprint density at radius 2 is 1.26 bits per heavy atom. The van der Waals surface area contributed by atoms with E-state index in [9.17, 15) is 14.2 Å². The van der Waals surface area contributed by atoms with Gasteiger partial charge >= 0.3 is 19.7 Å². The molecule has 1 aliphatic rings. The molecule has 4 aromatic carbocycles. The molecule has 246 valence electrons. The second kappa shape index (κ2) is 15.4. The third-order valence-electron chi connectivity index (χ3n) is 7.60. The number of esters is 1. The van der Waals surface area contributed by atoms with Gasteiger partial charge < -0.3 is 19.3 Å². The highest BCUT2D eigenvalue weighted by molar-refractivity contribution is 7.55. The average Bonchev–Trinajstić information content (AvgIpc) is 3.36. The van der Waals surface area contributed by atoms with Crippen molar-refractivity contribution in [3.63, 3.8) is 0 Å². The van der Waals surface area contributed by atoms with Gasteiger partial charge in [-0.1, -0.05) is 91.0 Å². The van der Waals surface area contributed by atoms with Crippen molar-refractivity contribution >= 4 is 19.7 Å². The second-order valence-electron chi connectivity index (χ2n) is 12.2. The van der Waals surface area contributed by atoms with Crippen LogP contribution in [0.4, 0.5) is 4.79 Å². The van der Waals surface area contributed by atoms with E-state index in [1.165, 1.54) is 0 Å². The molecule has 4 aromatic rings. The molecule has 10 heteroatoms. The summed E-state index contributed by atoms with van der Waals surface area (Å²) < 4.78 is 30.6. The van der Waals surface area contributed by atoms with Crippen LogP contribution in [0.1, 0.15) is 55.9 Å². The number of amides is 1. The fraction of sp³-hybridized carbons (Fsp3) is 0.297. The van der Waals surface area contributed by atoms with Gasteiger partial charge in [-0.15, -0.1) is 0 Å². The number of nitrogens with one attached hydrogen (secondary N) is 3. The summed E-state index contributed by atoms with van der Waals surface area (Å²) in [5.41, 5.74) is 6.02. The van der Waals surface area contributed by atoms with Crippen LogP contribution in [0.3, 0.4) is 0 Å². The molecule has 0 heterocycles. The molecule has 5 rings (SSSR count). The lowest BCUT2D eigenvalue weighted by molar-refractivity contribution is -0.147. The Bertz CT molecular complexity index is 1650. The Hall–Kier alpha value is -4.43. The summed E-state index contributed by atoms with van der Waals surface area (Å²) in [4.78, 5) is 26.5. The van der Waals surface area contributed by atoms with Gasteiger partial charge in [0.15, 0.2) is 0 Å². The Balaban J connectivity index is 1.27. The lowest BCUT2D eigenvalue weighted by atomic mass is 9.98. The minimum atomic E-state index is -3.37. The van der Waals surface area contributed by atoms with Crippen molar-refractivity contribution in [3.05, 3.63) is 125 Å². The molecule has 47 heavy (non-hydrogen) atoms. The summed E-state index contributed by atoms with van der Waals surface area (Å²) in [7, 11) is -3.37. The fourth-order valence-corrected chi connectivity index (χ4v) is 7.60. The van der Waals surface area contributed by atoms with Gasteiger partial charge in [-0.3, -0.25) is 0 Å². The van der Waals surface area contributed by atoms with Crippen LogP contribution in [0.2, 0.25) is 0 Å². The van der Waals surface area contributed by atoms with Crippen molar-refractivity contribution in [1.82, 2.24) is 15.5 Å². The standard InChI is InChI=1S/C37H42N3O6P/c1-25(2)39-47(43,40-26(3)4)46-29-20-18-27(19-21-29)22-35(36(41)44-23-28-12-6-5-7-13-28)38-37(42)45-24-34-32-16-10-8-14-30(32)31-15-9-11-17-33(31)34/h5-21,25-26,34-35H,22-24H2,1-4H3,(H,38,42)(H2,39,40,43)/t35-/m0/s1. The van der Waals surface area contributed by atoms with Crippen molar-refractivity contribution in [2.75, 3.05) is 6.61 Å². The van der Waals surface area contributed by atoms with E-state index in [4.69, 9.17) is 14.0 Å². The van der Waals surface area contributed by atoms with Gasteiger partial charge in [0.25, 0.3) is 0 Å². The van der Waals surface area contributed by atoms with Gasteiger partial charge in [-0.2, -0.15) is 0 Å². The molecular formula is C37H42N3O6P. The van der Waals surface area contributed by atoms with E-state index in [1.54, 1.807) is 24.3 Å². The maximum atomic E-state index is 13.4. The Morgan fingerprint density at radius 3 is 1.83 bits per heavy atom. The van der Waals surface area contributed by atoms with Gasteiger partial charge in [-0.25, -0.2) is 24.3 Å². The van der Waals surface area contributed by atoms with Crippen LogP contribution in [-0.2, 0) is 31.9 Å². The largest absolute Gasteiger partial charge is 0.459 e. The molecule has 0 unspecified atom stereocenters. The first kappa shape index (κ1) is 33.9. The molecule has 0 fully saturated rings. The Morgan fingerprint density at radius 1 is 0.702 bits per heavy atom. The first-order valence-corrected chi connectivity index (χ1v) is 17.5. The monoisotopic (exact) mass is 655 g/mol. The molecule has 3 N–H and O–H groups in total. The first-order chi connectivity index (χ1) is 22.6. The molecule has 0 spiro atoms. The van der Waals surface area contributed by atoms with Gasteiger partial charge in [-0.05, 0) is 73.2 Å². The van der Waals surface area contributed by atoms with Crippen LogP contribution in [0.25, 0.3) is 11.1 Å². The maximum Gasteiger partial charge on any atom is 0.407 e. The van der Waals surface area contributed by atoms with Crippen molar-refractivity contribution < 1.29 is 28.2 Å². The zero-order valence-electron chi connectivity index (χ0n) is 27.1. The quantitative estimate of drug-likeness (QED) is 0.0954. The summed E-state index contributed by atoms with van der Waals surface area (Å²) in [6.07, 6.45) is -0.571. The molecule has 1 atom stereocenters. The van der Waals surface area contributed by atoms with Crippen LogP contribution >= 0.6 is 7.67 Å². The number of hydrogen-bond donors (Lipinski definition) is 3. The van der Waals surface area contributed by atoms with E-state index < -0.39 is 25.8 Å². The Labute approximate surface area is 276 Å². The van der Waals surface area contributed by atoms with Gasteiger partial charge in [0, 0.05) is 24.4 Å². The number of rotatable bonds is 14. The smallest absolute Gasteiger partial charge is 0.407 e. The molecule has 0 radical (unpaired) electrons. The highest BCUT2D eigenvalue weighted by Crippen LogP contribution is 2.44. The molecule has 0 saturated heterocycles. The van der Waals surface area contributed by atoms with Crippen molar-refractivity contribution in [2.24, 2.45) is 0 Å². The minimum absolute atomic E-state index is 0.0658. The molecule has 1 aliphatic carbocycles. The van der Waals surface area contributed by atoms with E-state index in [0.717, 1.165) is 33.4 Å². The average molecular weight is 656 g/mol. The minimum Gasteiger partial charge on any atom is -0.459 e. The highest BCUT2D eigenvalue weighted by Gasteiger charge is 2.31. The van der Waals surface area contributed by atoms with Gasteiger partial charge in [0.1, 0.15) is 25.0 Å². The summed E-state index contributed by atoms with van der Waals surface area (Å²) >= 11 is 0. The number of hydrogen-bond acceptors (Lipinski definition) is 6. The van der Waals surface area contributed by atoms with E-state index in [-0.39, 0.29) is 37.6 Å². The van der Waals surface area contributed by atoms with Crippen LogP contribution in [0.5, 0.6) is 5.75 Å². The van der Waals surface area contributed by atoms with Crippen molar-refractivity contribution in [3.8, 4) is 16.9 Å². The first-order valence-electron chi connectivity index (χ1n) is 15.9. The van der Waals surface area contributed by atoms with Gasteiger partial charge in [0.05, 0.1) is 0 Å². The zero-order valence-corrected chi connectivity index (χ0v) is 28.0. The number of benzene rings is 4. The third kappa shape index (κ3) is 9.10. The van der Waals surface area contributed by atoms with E-state index in [1.807, 2.05) is 82.3 Å². The number of alkyl carbamates (subject to hydrolysis) is 1. The fourth-order valence-electron chi connectivity index (χ4n) is 5.65. The number of fused-ring (bicyclic) bond motifs is 3. The molecule has 0 saturated carbocycles. The lowest BCUT2D eigenvalue weighted by Crippen LogP contribution is -2.43. The number of carbonyl (C=O) groups is 2. The molecule has 0 aliphatic heterocycles. The van der Waals surface area contributed by atoms with E-state index in [0.29, 0.717) is 5.75 Å². The normalized spacial score (nSPS) is 13.1. The molecule has 0 aromatic heterocycles. The second-order valence-corrected chi connectivity index (χ2v) is 14.0. The van der Waals surface area contributed by atoms with E-state index in [2.05, 4.69) is 39.8 Å². The van der Waals surface area contributed by atoms with Gasteiger partial charge in [0.2, 0.25) is 0 Å². The van der Waals surface area contributed by atoms with Crippen LogP contribution < -0.4 is 20.0 Å². The van der Waals surface area contributed by atoms with Crippen LogP contribution in [-0.4, -0.2) is 36.8 Å². The Kier molecular flexibility index (Phi) is 11.1. The molecule has 1 amide bonds. The summed E-state index contributed by atoms with van der Waals surface area (Å²) in [6.45, 7) is 7.75. The predicted octanol–water partition coefficient (Wildman–Crippen LogP) is 7.36. The maximum absolute atomic E-state index is 13.4. The molecular weight excluding hydrogens is 613 g/mol. The third-order valence-corrected chi connectivity index (χ3v) is 9.78. The summed E-state index contributed by atoms with van der Waals surface area (Å²) in [6, 6.07) is 31.3. The van der Waals surface area contributed by atoms with E-state index >= 15 is 0 Å². The summed E-state index contributed by atoms with van der Waals surface area (Å²) in [5, 5.41) is 8.72. The van der Waals surface area contributed by atoms with Crippen molar-refractivity contribution in [2.45, 2.75) is 64.8 Å². The molecule has 9 nitrogen and oxygen atoms in total. The number of ether oxygens (including phenoxy) is 2. The molecule has 0 bridgehead atoms. The zero-order chi connectivity index (χ0) is 33.4. The topological polar surface area (TPSA) is 115 Å². The summed E-state index contributed by atoms with van der Waals surface area (Å²) in [5.74, 6) is -0.309.